The summed E-state index contributed by atoms with van der Waals surface area (Å²) in [7, 11) is 1.80. The Morgan fingerprint density at radius 3 is 2.73 bits per heavy atom. The minimum absolute atomic E-state index is 0.0532. The lowest BCUT2D eigenvalue weighted by molar-refractivity contribution is -0.135. The summed E-state index contributed by atoms with van der Waals surface area (Å²) in [4.78, 5) is 32.6. The fourth-order valence-electron chi connectivity index (χ4n) is 3.27. The molecule has 0 N–H and O–H groups in total. The topological polar surface area (TPSA) is 53.5 Å². The molecule has 0 radical (unpaired) electrons. The molecule has 1 aliphatic heterocycles. The molecular weight excluding hydrogens is 278 g/mol. The highest BCUT2D eigenvalue weighted by Gasteiger charge is 2.42. The van der Waals surface area contributed by atoms with Crippen LogP contribution in [0.1, 0.15) is 36.2 Å². The maximum Gasteiger partial charge on any atom is 0.228 e. The van der Waals surface area contributed by atoms with Crippen LogP contribution in [0.15, 0.2) is 12.1 Å². The Bertz CT molecular complexity index is 590. The second-order valence-electron chi connectivity index (χ2n) is 6.65. The zero-order valence-electron chi connectivity index (χ0n) is 13.5. The van der Waals surface area contributed by atoms with Crippen LogP contribution >= 0.6 is 0 Å². The molecule has 2 aliphatic rings. The lowest BCUT2D eigenvalue weighted by atomic mass is 10.1. The highest BCUT2D eigenvalue weighted by Crippen LogP contribution is 2.33. The molecule has 1 saturated carbocycles. The van der Waals surface area contributed by atoms with Crippen molar-refractivity contribution < 1.29 is 9.59 Å². The van der Waals surface area contributed by atoms with Gasteiger partial charge in [-0.25, -0.2) is 0 Å². The van der Waals surface area contributed by atoms with Crippen molar-refractivity contribution in [1.29, 1.82) is 0 Å². The van der Waals surface area contributed by atoms with Crippen molar-refractivity contribution in [2.75, 3.05) is 13.6 Å². The summed E-state index contributed by atoms with van der Waals surface area (Å²) in [6.45, 7) is 5.08. The molecule has 2 heterocycles. The molecule has 1 saturated heterocycles. The average Bonchev–Trinajstić information content (AvgIpc) is 3.19. The Hall–Kier alpha value is -1.91. The molecular formula is C17H23N3O2. The van der Waals surface area contributed by atoms with Gasteiger partial charge in [-0.05, 0) is 44.4 Å². The van der Waals surface area contributed by atoms with E-state index in [9.17, 15) is 9.59 Å². The monoisotopic (exact) mass is 301 g/mol. The van der Waals surface area contributed by atoms with E-state index < -0.39 is 0 Å². The maximum absolute atomic E-state index is 12.6. The van der Waals surface area contributed by atoms with E-state index in [1.54, 1.807) is 11.9 Å². The summed E-state index contributed by atoms with van der Waals surface area (Å²) < 4.78 is 0. The second-order valence-corrected chi connectivity index (χ2v) is 6.65. The quantitative estimate of drug-likeness (QED) is 0.850. The molecule has 2 fully saturated rings. The molecule has 1 aromatic rings. The van der Waals surface area contributed by atoms with Gasteiger partial charge >= 0.3 is 0 Å². The van der Waals surface area contributed by atoms with E-state index in [-0.39, 0.29) is 17.7 Å². The lowest BCUT2D eigenvalue weighted by Gasteiger charge is -2.21. The lowest BCUT2D eigenvalue weighted by Crippen LogP contribution is -2.35. The number of nitrogens with zero attached hydrogens (tertiary/aromatic N) is 3. The van der Waals surface area contributed by atoms with Gasteiger partial charge in [0.25, 0.3) is 0 Å². The molecule has 118 valence electrons. The zero-order valence-corrected chi connectivity index (χ0v) is 13.5. The van der Waals surface area contributed by atoms with Crippen LogP contribution in [0.4, 0.5) is 0 Å². The van der Waals surface area contributed by atoms with Gasteiger partial charge in [-0.3, -0.25) is 14.6 Å². The largest absolute Gasteiger partial charge is 0.340 e. The number of carbonyl (C=O) groups is 2. The van der Waals surface area contributed by atoms with Crippen LogP contribution in [0.3, 0.4) is 0 Å². The smallest absolute Gasteiger partial charge is 0.228 e. The van der Waals surface area contributed by atoms with Gasteiger partial charge in [0.15, 0.2) is 0 Å². The number of likely N-dealkylation sites (tertiary alicyclic amines) is 1. The fraction of sp³-hybridized carbons (Fsp3) is 0.588. The molecule has 0 bridgehead atoms. The van der Waals surface area contributed by atoms with E-state index in [2.05, 4.69) is 4.98 Å². The summed E-state index contributed by atoms with van der Waals surface area (Å²) in [6.07, 6.45) is 2.55. The molecule has 5 heteroatoms. The van der Waals surface area contributed by atoms with E-state index in [1.807, 2.05) is 30.9 Å². The van der Waals surface area contributed by atoms with Gasteiger partial charge in [-0.1, -0.05) is 0 Å². The number of pyridine rings is 1. The second kappa shape index (κ2) is 5.71. The van der Waals surface area contributed by atoms with E-state index in [0.717, 1.165) is 29.8 Å². The molecule has 1 atom stereocenters. The van der Waals surface area contributed by atoms with Crippen molar-refractivity contribution in [3.63, 3.8) is 0 Å². The van der Waals surface area contributed by atoms with E-state index >= 15 is 0 Å². The standard InChI is InChI=1S/C17H23N3O2/c1-11-6-12(2)18-14(7-11)10-19(3)17(22)13-8-16(21)20(9-13)15-4-5-15/h6-7,13,15H,4-5,8-10H2,1-3H3/t13-/m1/s1. The molecule has 22 heavy (non-hydrogen) atoms. The van der Waals surface area contributed by atoms with Gasteiger partial charge in [0.05, 0.1) is 18.2 Å². The molecule has 1 aliphatic carbocycles. The highest BCUT2D eigenvalue weighted by molar-refractivity contribution is 5.89. The third kappa shape index (κ3) is 3.13. The van der Waals surface area contributed by atoms with Gasteiger partial charge in [0, 0.05) is 31.7 Å². The van der Waals surface area contributed by atoms with Gasteiger partial charge in [0.1, 0.15) is 0 Å². The molecule has 5 nitrogen and oxygen atoms in total. The molecule has 2 amide bonds. The third-order valence-corrected chi connectivity index (χ3v) is 4.42. The third-order valence-electron chi connectivity index (χ3n) is 4.42. The Kier molecular flexibility index (Phi) is 3.89. The van der Waals surface area contributed by atoms with Gasteiger partial charge in [-0.15, -0.1) is 0 Å². The first-order valence-corrected chi connectivity index (χ1v) is 7.92. The average molecular weight is 301 g/mol. The first kappa shape index (κ1) is 15.0. The summed E-state index contributed by atoms with van der Waals surface area (Å²) in [5.74, 6) is 0.000223. The number of carbonyl (C=O) groups excluding carboxylic acids is 2. The zero-order chi connectivity index (χ0) is 15.9. The van der Waals surface area contributed by atoms with Gasteiger partial charge in [-0.2, -0.15) is 0 Å². The summed E-state index contributed by atoms with van der Waals surface area (Å²) in [6, 6.07) is 4.43. The Morgan fingerprint density at radius 2 is 2.09 bits per heavy atom. The van der Waals surface area contributed by atoms with Crippen molar-refractivity contribution in [3.8, 4) is 0 Å². The maximum atomic E-state index is 12.6. The van der Waals surface area contributed by atoms with Crippen LogP contribution in [0.5, 0.6) is 0 Å². The fourth-order valence-corrected chi connectivity index (χ4v) is 3.27. The first-order chi connectivity index (χ1) is 10.4. The molecule has 1 aromatic heterocycles. The Balaban J connectivity index is 1.63. The van der Waals surface area contributed by atoms with Gasteiger partial charge < -0.3 is 9.80 Å². The van der Waals surface area contributed by atoms with Crippen molar-refractivity contribution in [2.24, 2.45) is 5.92 Å². The van der Waals surface area contributed by atoms with Crippen LogP contribution in [0.25, 0.3) is 0 Å². The van der Waals surface area contributed by atoms with Crippen LogP contribution in [0.2, 0.25) is 0 Å². The molecule has 0 unspecified atom stereocenters. The minimum Gasteiger partial charge on any atom is -0.340 e. The predicted molar refractivity (Wildman–Crippen MR) is 83.0 cm³/mol. The van der Waals surface area contributed by atoms with E-state index in [4.69, 9.17) is 0 Å². The molecule has 0 aromatic carbocycles. The van der Waals surface area contributed by atoms with Crippen molar-refractivity contribution in [1.82, 2.24) is 14.8 Å². The minimum atomic E-state index is -0.191. The number of amides is 2. The normalized spacial score (nSPS) is 21.3. The van der Waals surface area contributed by atoms with Crippen LogP contribution < -0.4 is 0 Å². The number of hydrogen-bond acceptors (Lipinski definition) is 3. The number of hydrogen-bond donors (Lipinski definition) is 0. The summed E-state index contributed by atoms with van der Waals surface area (Å²) in [5, 5.41) is 0. The van der Waals surface area contributed by atoms with Crippen LogP contribution in [-0.4, -0.2) is 46.2 Å². The summed E-state index contributed by atoms with van der Waals surface area (Å²) >= 11 is 0. The highest BCUT2D eigenvalue weighted by atomic mass is 16.2. The van der Waals surface area contributed by atoms with E-state index in [0.29, 0.717) is 25.6 Å². The Labute approximate surface area is 131 Å². The van der Waals surface area contributed by atoms with E-state index in [1.165, 1.54) is 0 Å². The van der Waals surface area contributed by atoms with Crippen molar-refractivity contribution in [3.05, 3.63) is 29.1 Å². The Morgan fingerprint density at radius 1 is 1.36 bits per heavy atom. The van der Waals surface area contributed by atoms with Crippen molar-refractivity contribution >= 4 is 11.8 Å². The SMILES string of the molecule is Cc1cc(C)nc(CN(C)C(=O)[C@@H]2CC(=O)N(C3CC3)C2)c1. The molecule has 3 rings (SSSR count). The number of aryl methyl sites for hydroxylation is 2. The van der Waals surface area contributed by atoms with Crippen LogP contribution in [0, 0.1) is 19.8 Å². The van der Waals surface area contributed by atoms with Crippen molar-refractivity contribution in [2.45, 2.75) is 45.7 Å². The first-order valence-electron chi connectivity index (χ1n) is 7.92. The number of aromatic nitrogens is 1. The number of rotatable bonds is 4. The van der Waals surface area contributed by atoms with Gasteiger partial charge in [0.2, 0.25) is 11.8 Å². The predicted octanol–water partition coefficient (Wildman–Crippen LogP) is 1.67. The van der Waals surface area contributed by atoms with Crippen LogP contribution in [-0.2, 0) is 16.1 Å². The summed E-state index contributed by atoms with van der Waals surface area (Å²) in [5.41, 5.74) is 3.02. The molecule has 0 spiro atoms.